The molecule has 13 heteroatoms. The lowest BCUT2D eigenvalue weighted by atomic mass is 9.97. The van der Waals surface area contributed by atoms with Crippen molar-refractivity contribution in [2.45, 2.75) is 42.9 Å². The summed E-state index contributed by atoms with van der Waals surface area (Å²) in [4.78, 5) is 76.6. The van der Waals surface area contributed by atoms with E-state index in [1.165, 1.54) is 36.4 Å². The summed E-state index contributed by atoms with van der Waals surface area (Å²) in [7, 11) is 0. The van der Waals surface area contributed by atoms with Crippen molar-refractivity contribution in [2.24, 2.45) is 4.99 Å². The van der Waals surface area contributed by atoms with E-state index in [0.717, 1.165) is 0 Å². The SMILES string of the molecule is O=C(OC[C@H]1O[C@@H](OC[C@@H](N=C(c2ccccc2)c2ccccc2)C(=O)OC(c2ccccc2)c2ccccc2)[C@H](OC(=O)c2ccccc2)[C@@H](OC(=O)c2ccccc2)[C@@H]1OC(=O)c1ccccc1)c1ccccc1. The van der Waals surface area contributed by atoms with Gasteiger partial charge in [0.05, 0.1) is 34.6 Å². The standard InChI is InChI=1S/C63H51NO12/c65-58(47-33-17-5-18-34-47)70-42-52-55(74-59(66)48-35-19-6-20-36-48)56(75-60(67)49-37-21-7-22-38-49)57(76-61(68)50-39-23-8-24-40-50)63(72-52)71-41-51(64-53(43-25-9-1-10-26-43)44-27-11-2-12-28-44)62(69)73-54(45-29-13-3-14-30-45)46-31-15-4-16-32-46/h1-40,51-52,54-57,63H,41-42H2/t51-,52-,55-,56+,57-,63-/m1/s1. The predicted octanol–water partition coefficient (Wildman–Crippen LogP) is 10.5. The smallest absolute Gasteiger partial charge is 0.338 e. The van der Waals surface area contributed by atoms with Gasteiger partial charge in [0.25, 0.3) is 0 Å². The quantitative estimate of drug-likeness (QED) is 0.0429. The molecule has 1 saturated heterocycles. The van der Waals surface area contributed by atoms with E-state index in [1.54, 1.807) is 84.9 Å². The molecule has 0 aromatic heterocycles. The maximum atomic E-state index is 15.1. The van der Waals surface area contributed by atoms with Crippen LogP contribution in [0.25, 0.3) is 0 Å². The predicted molar refractivity (Wildman–Crippen MR) is 281 cm³/mol. The molecule has 1 heterocycles. The van der Waals surface area contributed by atoms with Gasteiger partial charge in [0.2, 0.25) is 0 Å². The van der Waals surface area contributed by atoms with Crippen molar-refractivity contribution < 1.29 is 57.1 Å². The van der Waals surface area contributed by atoms with Crippen LogP contribution in [0.2, 0.25) is 0 Å². The van der Waals surface area contributed by atoms with E-state index in [1.807, 2.05) is 121 Å². The maximum Gasteiger partial charge on any atom is 0.338 e. The fraction of sp³-hybridized carbons (Fsp3) is 0.143. The van der Waals surface area contributed by atoms with Gasteiger partial charge >= 0.3 is 29.8 Å². The number of carbonyl (C=O) groups excluding carboxylic acids is 5. The fourth-order valence-corrected chi connectivity index (χ4v) is 8.45. The number of ether oxygens (including phenoxy) is 7. The van der Waals surface area contributed by atoms with Crippen LogP contribution in [0.1, 0.15) is 69.8 Å². The normalized spacial score (nSPS) is 17.2. The second kappa shape index (κ2) is 25.6. The Hall–Kier alpha value is -9.30. The number of esters is 5. The van der Waals surface area contributed by atoms with E-state index < -0.39 is 85.9 Å². The molecular formula is C63H51NO12. The molecule has 8 aromatic rings. The summed E-state index contributed by atoms with van der Waals surface area (Å²) >= 11 is 0. The molecule has 0 saturated carbocycles. The molecule has 8 aromatic carbocycles. The van der Waals surface area contributed by atoms with Crippen LogP contribution in [-0.2, 0) is 38.0 Å². The Morgan fingerprint density at radius 1 is 0.408 bits per heavy atom. The Morgan fingerprint density at radius 3 is 1.16 bits per heavy atom. The summed E-state index contributed by atoms with van der Waals surface area (Å²) in [6, 6.07) is 67.9. The van der Waals surface area contributed by atoms with Gasteiger partial charge in [-0.3, -0.25) is 4.99 Å². The van der Waals surface area contributed by atoms with Gasteiger partial charge in [-0.2, -0.15) is 0 Å². The van der Waals surface area contributed by atoms with Crippen LogP contribution in [0, 0.1) is 0 Å². The molecule has 1 aliphatic rings. The first kappa shape index (κ1) is 51.6. The Labute approximate surface area is 439 Å². The van der Waals surface area contributed by atoms with Crippen molar-refractivity contribution in [3.63, 3.8) is 0 Å². The summed E-state index contributed by atoms with van der Waals surface area (Å²) in [6.07, 6.45) is -9.18. The molecule has 1 aliphatic heterocycles. The van der Waals surface area contributed by atoms with Crippen LogP contribution in [0.15, 0.2) is 248 Å². The first-order chi connectivity index (χ1) is 37.3. The molecule has 0 radical (unpaired) electrons. The average Bonchev–Trinajstić information content (AvgIpc) is 3.49. The third kappa shape index (κ3) is 13.3. The molecule has 1 fully saturated rings. The summed E-state index contributed by atoms with van der Waals surface area (Å²) in [5, 5.41) is 0. The molecule has 76 heavy (non-hydrogen) atoms. The third-order valence-electron chi connectivity index (χ3n) is 12.2. The van der Waals surface area contributed by atoms with E-state index in [0.29, 0.717) is 28.0 Å². The largest absolute Gasteiger partial charge is 0.459 e. The Bertz CT molecular complexity index is 3110. The van der Waals surface area contributed by atoms with Crippen molar-refractivity contribution >= 4 is 35.6 Å². The number of hydrogen-bond acceptors (Lipinski definition) is 13. The summed E-state index contributed by atoms with van der Waals surface area (Å²) in [6.45, 7) is -1.18. The van der Waals surface area contributed by atoms with Crippen molar-refractivity contribution in [1.29, 1.82) is 0 Å². The minimum Gasteiger partial charge on any atom is -0.459 e. The van der Waals surface area contributed by atoms with Crippen molar-refractivity contribution in [1.82, 2.24) is 0 Å². The van der Waals surface area contributed by atoms with E-state index in [9.17, 15) is 19.2 Å². The lowest BCUT2D eigenvalue weighted by Gasteiger charge is -2.44. The van der Waals surface area contributed by atoms with Crippen LogP contribution in [0.4, 0.5) is 0 Å². The Morgan fingerprint density at radius 2 is 0.750 bits per heavy atom. The van der Waals surface area contributed by atoms with Gasteiger partial charge < -0.3 is 33.2 Å². The molecule has 13 nitrogen and oxygen atoms in total. The Kier molecular flexibility index (Phi) is 17.4. The number of nitrogens with zero attached hydrogens (tertiary/aromatic N) is 1. The minimum atomic E-state index is -1.74. The summed E-state index contributed by atoms with van der Waals surface area (Å²) < 4.78 is 44.4. The van der Waals surface area contributed by atoms with Crippen LogP contribution < -0.4 is 0 Å². The number of benzene rings is 8. The highest BCUT2D eigenvalue weighted by Crippen LogP contribution is 2.33. The molecule has 9 rings (SSSR count). The highest BCUT2D eigenvalue weighted by molar-refractivity contribution is 6.13. The number of rotatable bonds is 19. The van der Waals surface area contributed by atoms with Crippen molar-refractivity contribution in [3.05, 3.63) is 287 Å². The van der Waals surface area contributed by atoms with Gasteiger partial charge in [-0.1, -0.05) is 194 Å². The lowest BCUT2D eigenvalue weighted by molar-refractivity contribution is -0.299. The molecular weight excluding hydrogens is 963 g/mol. The van der Waals surface area contributed by atoms with Crippen molar-refractivity contribution in [2.75, 3.05) is 13.2 Å². The first-order valence-corrected chi connectivity index (χ1v) is 24.6. The second-order valence-electron chi connectivity index (χ2n) is 17.4. The van der Waals surface area contributed by atoms with Gasteiger partial charge in [0.1, 0.15) is 12.7 Å². The van der Waals surface area contributed by atoms with Crippen LogP contribution in [0.3, 0.4) is 0 Å². The van der Waals surface area contributed by atoms with Gasteiger partial charge in [-0.05, 0) is 59.7 Å². The minimum absolute atomic E-state index is 0.109. The Balaban J connectivity index is 1.15. The maximum absolute atomic E-state index is 15.1. The van der Waals surface area contributed by atoms with E-state index in [4.69, 9.17) is 38.2 Å². The monoisotopic (exact) mass is 1010 g/mol. The number of carbonyl (C=O) groups is 5. The summed E-state index contributed by atoms with van der Waals surface area (Å²) in [5.41, 5.74) is 3.71. The first-order valence-electron chi connectivity index (χ1n) is 24.6. The van der Waals surface area contributed by atoms with E-state index >= 15 is 4.79 Å². The molecule has 0 N–H and O–H groups in total. The van der Waals surface area contributed by atoms with Crippen LogP contribution >= 0.6 is 0 Å². The molecule has 0 unspecified atom stereocenters. The molecule has 0 spiro atoms. The van der Waals surface area contributed by atoms with Crippen LogP contribution in [0.5, 0.6) is 0 Å². The van der Waals surface area contributed by atoms with E-state index in [-0.39, 0.29) is 22.3 Å². The highest BCUT2D eigenvalue weighted by atomic mass is 16.7. The number of hydrogen-bond donors (Lipinski definition) is 0. The highest BCUT2D eigenvalue weighted by Gasteiger charge is 2.54. The van der Waals surface area contributed by atoms with Crippen molar-refractivity contribution in [3.8, 4) is 0 Å². The van der Waals surface area contributed by atoms with E-state index in [2.05, 4.69) is 0 Å². The fourth-order valence-electron chi connectivity index (χ4n) is 8.45. The molecule has 0 bridgehead atoms. The third-order valence-corrected chi connectivity index (χ3v) is 12.2. The zero-order chi connectivity index (χ0) is 52.5. The average molecular weight is 1010 g/mol. The zero-order valence-corrected chi connectivity index (χ0v) is 40.9. The topological polar surface area (TPSA) is 162 Å². The van der Waals surface area contributed by atoms with Gasteiger partial charge in [0, 0.05) is 11.1 Å². The molecule has 0 amide bonds. The lowest BCUT2D eigenvalue weighted by Crippen LogP contribution is -2.63. The zero-order valence-electron chi connectivity index (χ0n) is 40.9. The van der Waals surface area contributed by atoms with Gasteiger partial charge in [-0.15, -0.1) is 0 Å². The molecule has 380 valence electrons. The molecule has 0 aliphatic carbocycles. The van der Waals surface area contributed by atoms with Gasteiger partial charge in [0.15, 0.2) is 36.7 Å². The summed E-state index contributed by atoms with van der Waals surface area (Å²) in [5.74, 6) is -4.18. The van der Waals surface area contributed by atoms with Gasteiger partial charge in [-0.25, -0.2) is 24.0 Å². The number of aliphatic imine (C=N–C) groups is 1. The van der Waals surface area contributed by atoms with Crippen LogP contribution in [-0.4, -0.2) is 85.5 Å². The second-order valence-corrected chi connectivity index (χ2v) is 17.4. The molecule has 6 atom stereocenters.